The van der Waals surface area contributed by atoms with E-state index in [4.69, 9.17) is 9.15 Å². The monoisotopic (exact) mass is 415 g/mol. The van der Waals surface area contributed by atoms with Crippen LogP contribution >= 0.6 is 0 Å². The maximum Gasteiger partial charge on any atom is 0.311 e. The van der Waals surface area contributed by atoms with Gasteiger partial charge in [0, 0.05) is 22.2 Å². The van der Waals surface area contributed by atoms with Crippen LogP contribution < -0.4 is 4.72 Å². The molecule has 0 bridgehead atoms. The van der Waals surface area contributed by atoms with Gasteiger partial charge in [-0.05, 0) is 49.7 Å². The fraction of sp³-hybridized carbons (Fsp3) is 0.238. The fourth-order valence-electron chi connectivity index (χ4n) is 2.93. The molecule has 0 fully saturated rings. The number of nitrogens with one attached hydrogen (secondary N) is 1. The zero-order valence-electron chi connectivity index (χ0n) is 16.3. The Morgan fingerprint density at radius 2 is 1.83 bits per heavy atom. The predicted octanol–water partition coefficient (Wildman–Crippen LogP) is 3.47. The van der Waals surface area contributed by atoms with Gasteiger partial charge in [-0.25, -0.2) is 8.42 Å². The van der Waals surface area contributed by atoms with E-state index in [1.165, 1.54) is 37.5 Å². The van der Waals surface area contributed by atoms with Gasteiger partial charge in [-0.2, -0.15) is 0 Å². The molecule has 0 aliphatic carbocycles. The van der Waals surface area contributed by atoms with Gasteiger partial charge in [-0.1, -0.05) is 12.1 Å². The third-order valence-corrected chi connectivity index (χ3v) is 4.90. The first kappa shape index (κ1) is 20.6. The normalized spacial score (nSPS) is 12.5. The van der Waals surface area contributed by atoms with Crippen LogP contribution in [-0.4, -0.2) is 32.5 Å². The van der Waals surface area contributed by atoms with E-state index in [1.54, 1.807) is 0 Å². The Hall–Kier alpha value is -3.13. The zero-order valence-corrected chi connectivity index (χ0v) is 17.1. The van der Waals surface area contributed by atoms with Crippen molar-refractivity contribution >= 4 is 38.4 Å². The van der Waals surface area contributed by atoms with E-state index >= 15 is 0 Å². The summed E-state index contributed by atoms with van der Waals surface area (Å²) in [6, 6.07) is 11.6. The average Bonchev–Trinajstić information content (AvgIpc) is 3.02. The van der Waals surface area contributed by atoms with Gasteiger partial charge in [-0.15, -0.1) is 0 Å². The number of Topliss-reactive ketones (excluding diaryl/α,β-unsaturated/α-hetero) is 1. The number of benzene rings is 2. The third-order valence-electron chi connectivity index (χ3n) is 4.30. The number of furan rings is 1. The van der Waals surface area contributed by atoms with Crippen molar-refractivity contribution in [1.29, 1.82) is 0 Å². The van der Waals surface area contributed by atoms with Gasteiger partial charge in [0.25, 0.3) is 0 Å². The van der Waals surface area contributed by atoms with Crippen molar-refractivity contribution in [2.75, 3.05) is 11.0 Å². The highest BCUT2D eigenvalue weighted by Gasteiger charge is 2.21. The van der Waals surface area contributed by atoms with E-state index in [9.17, 15) is 18.0 Å². The molecule has 0 saturated carbocycles. The second-order valence-electron chi connectivity index (χ2n) is 6.89. The Bertz CT molecular complexity index is 1160. The average molecular weight is 415 g/mol. The topological polar surface area (TPSA) is 103 Å². The first-order valence-electron chi connectivity index (χ1n) is 8.90. The van der Waals surface area contributed by atoms with Gasteiger partial charge >= 0.3 is 5.97 Å². The number of aryl methyl sites for hydroxylation is 1. The van der Waals surface area contributed by atoms with Crippen molar-refractivity contribution in [2.24, 2.45) is 0 Å². The van der Waals surface area contributed by atoms with Crippen molar-refractivity contribution in [3.05, 3.63) is 65.4 Å². The molecule has 0 aliphatic heterocycles. The predicted molar refractivity (Wildman–Crippen MR) is 109 cm³/mol. The van der Waals surface area contributed by atoms with Gasteiger partial charge < -0.3 is 9.15 Å². The van der Waals surface area contributed by atoms with Crippen molar-refractivity contribution in [3.8, 4) is 0 Å². The molecule has 1 aromatic heterocycles. The summed E-state index contributed by atoms with van der Waals surface area (Å²) in [6.07, 6.45) is 1.57. The molecule has 1 atom stereocenters. The van der Waals surface area contributed by atoms with Crippen LogP contribution in [0.2, 0.25) is 0 Å². The SMILES string of the molecule is Cc1ccc2c(CC(=O)O[C@@H](C)C(=O)c3ccc(NS(C)(=O)=O)cc3)coc2c1. The summed E-state index contributed by atoms with van der Waals surface area (Å²) in [4.78, 5) is 24.8. The Morgan fingerprint density at radius 1 is 1.14 bits per heavy atom. The number of anilines is 1. The van der Waals surface area contributed by atoms with E-state index in [2.05, 4.69) is 4.72 Å². The molecule has 2 aromatic carbocycles. The Labute approximate surface area is 168 Å². The summed E-state index contributed by atoms with van der Waals surface area (Å²) in [5.41, 5.74) is 3.10. The lowest BCUT2D eigenvalue weighted by atomic mass is 10.1. The number of ether oxygens (including phenoxy) is 1. The summed E-state index contributed by atoms with van der Waals surface area (Å²) >= 11 is 0. The standard InChI is InChI=1S/C21H21NO6S/c1-13-4-9-18-16(12-27-19(18)10-13)11-20(23)28-14(2)21(24)15-5-7-17(8-6-15)22-29(3,25)26/h4-10,12,14,22H,11H2,1-3H3/t14-/m0/s1. The number of fused-ring (bicyclic) bond motifs is 1. The third kappa shape index (κ3) is 5.23. The molecule has 1 N–H and O–H groups in total. The molecule has 29 heavy (non-hydrogen) atoms. The summed E-state index contributed by atoms with van der Waals surface area (Å²) in [5.74, 6) is -0.915. The summed E-state index contributed by atoms with van der Waals surface area (Å²) < 4.78 is 35.5. The van der Waals surface area contributed by atoms with E-state index in [0.29, 0.717) is 22.4 Å². The van der Waals surface area contributed by atoms with Crippen LogP contribution in [0.15, 0.2) is 53.1 Å². The smallest absolute Gasteiger partial charge is 0.311 e. The highest BCUT2D eigenvalue weighted by molar-refractivity contribution is 7.92. The number of carbonyl (C=O) groups is 2. The number of esters is 1. The lowest BCUT2D eigenvalue weighted by molar-refractivity contribution is -0.145. The van der Waals surface area contributed by atoms with Crippen molar-refractivity contribution in [3.63, 3.8) is 0 Å². The molecule has 3 rings (SSSR count). The van der Waals surface area contributed by atoms with Crippen LogP contribution in [0.25, 0.3) is 11.0 Å². The first-order chi connectivity index (χ1) is 13.6. The second-order valence-corrected chi connectivity index (χ2v) is 8.63. The van der Waals surface area contributed by atoms with Gasteiger partial charge in [-0.3, -0.25) is 14.3 Å². The fourth-order valence-corrected chi connectivity index (χ4v) is 3.49. The maximum atomic E-state index is 12.5. The van der Waals surface area contributed by atoms with Crippen molar-refractivity contribution in [2.45, 2.75) is 26.4 Å². The minimum Gasteiger partial charge on any atom is -0.464 e. The van der Waals surface area contributed by atoms with E-state index in [0.717, 1.165) is 17.2 Å². The number of carbonyl (C=O) groups excluding carboxylic acids is 2. The molecule has 0 spiro atoms. The van der Waals surface area contributed by atoms with E-state index < -0.39 is 22.1 Å². The molecule has 8 heteroatoms. The van der Waals surface area contributed by atoms with Crippen LogP contribution in [-0.2, 0) is 26.0 Å². The van der Waals surface area contributed by atoms with Gasteiger partial charge in [0.2, 0.25) is 15.8 Å². The first-order valence-corrected chi connectivity index (χ1v) is 10.8. The van der Waals surface area contributed by atoms with E-state index in [1.807, 2.05) is 25.1 Å². The molecule has 152 valence electrons. The highest BCUT2D eigenvalue weighted by atomic mass is 32.2. The van der Waals surface area contributed by atoms with Crippen molar-refractivity contribution < 1.29 is 27.2 Å². The van der Waals surface area contributed by atoms with Gasteiger partial charge in [0.15, 0.2) is 6.10 Å². The molecule has 0 saturated heterocycles. The maximum absolute atomic E-state index is 12.5. The van der Waals surface area contributed by atoms with E-state index in [-0.39, 0.29) is 12.2 Å². The molecule has 1 heterocycles. The zero-order chi connectivity index (χ0) is 21.2. The minimum atomic E-state index is -3.40. The molecule has 0 amide bonds. The Morgan fingerprint density at radius 3 is 2.48 bits per heavy atom. The largest absolute Gasteiger partial charge is 0.464 e. The van der Waals surface area contributed by atoms with Crippen molar-refractivity contribution in [1.82, 2.24) is 0 Å². The second kappa shape index (κ2) is 8.08. The van der Waals surface area contributed by atoms with Crippen LogP contribution in [0.4, 0.5) is 5.69 Å². The Balaban J connectivity index is 1.63. The van der Waals surface area contributed by atoms with Crippen LogP contribution in [0.3, 0.4) is 0 Å². The van der Waals surface area contributed by atoms with Crippen LogP contribution in [0, 0.1) is 6.92 Å². The number of hydrogen-bond acceptors (Lipinski definition) is 6. The quantitative estimate of drug-likeness (QED) is 0.468. The highest BCUT2D eigenvalue weighted by Crippen LogP contribution is 2.23. The molecule has 0 aliphatic rings. The lowest BCUT2D eigenvalue weighted by Gasteiger charge is -2.12. The summed E-state index contributed by atoms with van der Waals surface area (Å²) in [6.45, 7) is 3.45. The lowest BCUT2D eigenvalue weighted by Crippen LogP contribution is -2.25. The van der Waals surface area contributed by atoms with Crippen LogP contribution in [0.1, 0.15) is 28.4 Å². The number of ketones is 1. The molecule has 7 nitrogen and oxygen atoms in total. The Kier molecular flexibility index (Phi) is 5.74. The minimum absolute atomic E-state index is 0.00903. The summed E-state index contributed by atoms with van der Waals surface area (Å²) in [7, 11) is -3.40. The molecular weight excluding hydrogens is 394 g/mol. The number of sulfonamides is 1. The molecule has 0 unspecified atom stereocenters. The summed E-state index contributed by atoms with van der Waals surface area (Å²) in [5, 5.41) is 0.834. The van der Waals surface area contributed by atoms with Crippen LogP contribution in [0.5, 0.6) is 0 Å². The molecule has 3 aromatic rings. The molecular formula is C21H21NO6S. The van der Waals surface area contributed by atoms with Gasteiger partial charge in [0.1, 0.15) is 5.58 Å². The molecule has 0 radical (unpaired) electrons. The van der Waals surface area contributed by atoms with Gasteiger partial charge in [0.05, 0.1) is 18.9 Å². The number of rotatable bonds is 7. The number of hydrogen-bond donors (Lipinski definition) is 1.